The predicted octanol–water partition coefficient (Wildman–Crippen LogP) is 3.64. The highest BCUT2D eigenvalue weighted by atomic mass is 35.5. The zero-order chi connectivity index (χ0) is 12.5. The molecule has 17 heavy (non-hydrogen) atoms. The van der Waals surface area contributed by atoms with Crippen LogP contribution in [0.25, 0.3) is 0 Å². The van der Waals surface area contributed by atoms with Gasteiger partial charge in [0.25, 0.3) is 0 Å². The summed E-state index contributed by atoms with van der Waals surface area (Å²) in [6, 6.07) is 4.48. The first kappa shape index (κ1) is 14.3. The lowest BCUT2D eigenvalue weighted by molar-refractivity contribution is 0.312. The van der Waals surface area contributed by atoms with E-state index >= 15 is 0 Å². The van der Waals surface area contributed by atoms with Crippen LogP contribution in [0.15, 0.2) is 18.2 Å². The van der Waals surface area contributed by atoms with Crippen molar-refractivity contribution in [3.63, 3.8) is 0 Å². The van der Waals surface area contributed by atoms with Gasteiger partial charge < -0.3 is 10.1 Å². The number of unbranched alkanes of at least 4 members (excludes halogenated alkanes) is 2. The SMILES string of the molecule is CCCCCNCCOc1ccc(Cl)c(F)c1. The van der Waals surface area contributed by atoms with Gasteiger partial charge >= 0.3 is 0 Å². The molecular weight excluding hydrogens is 241 g/mol. The maximum absolute atomic E-state index is 13.1. The van der Waals surface area contributed by atoms with E-state index < -0.39 is 5.82 Å². The molecule has 1 rings (SSSR count). The van der Waals surface area contributed by atoms with E-state index in [2.05, 4.69) is 12.2 Å². The normalized spacial score (nSPS) is 10.5. The minimum atomic E-state index is -0.444. The molecule has 0 bridgehead atoms. The maximum Gasteiger partial charge on any atom is 0.145 e. The van der Waals surface area contributed by atoms with Gasteiger partial charge in [-0.25, -0.2) is 4.39 Å². The van der Waals surface area contributed by atoms with E-state index in [4.69, 9.17) is 16.3 Å². The highest BCUT2D eigenvalue weighted by molar-refractivity contribution is 6.30. The van der Waals surface area contributed by atoms with Crippen LogP contribution < -0.4 is 10.1 Å². The Bertz CT molecular complexity index is 333. The lowest BCUT2D eigenvalue weighted by Crippen LogP contribution is -2.22. The third-order valence-corrected chi connectivity index (χ3v) is 2.70. The summed E-state index contributed by atoms with van der Waals surface area (Å²) in [4.78, 5) is 0. The first-order chi connectivity index (χ1) is 8.24. The summed E-state index contributed by atoms with van der Waals surface area (Å²) >= 11 is 5.57. The minimum Gasteiger partial charge on any atom is -0.492 e. The van der Waals surface area contributed by atoms with Gasteiger partial charge in [0, 0.05) is 12.6 Å². The molecule has 1 aromatic rings. The molecule has 4 heteroatoms. The Morgan fingerprint density at radius 1 is 1.29 bits per heavy atom. The predicted molar refractivity (Wildman–Crippen MR) is 69.3 cm³/mol. The number of hydrogen-bond donors (Lipinski definition) is 1. The zero-order valence-corrected chi connectivity index (χ0v) is 10.9. The summed E-state index contributed by atoms with van der Waals surface area (Å²) in [6.07, 6.45) is 3.66. The van der Waals surface area contributed by atoms with Crippen molar-refractivity contribution in [2.75, 3.05) is 19.7 Å². The van der Waals surface area contributed by atoms with Crippen molar-refractivity contribution in [2.24, 2.45) is 0 Å². The molecule has 0 fully saturated rings. The fraction of sp³-hybridized carbons (Fsp3) is 0.538. The molecule has 1 N–H and O–H groups in total. The van der Waals surface area contributed by atoms with Crippen molar-refractivity contribution in [3.05, 3.63) is 29.0 Å². The van der Waals surface area contributed by atoms with Crippen LogP contribution in [0, 0.1) is 5.82 Å². The Labute approximate surface area is 107 Å². The van der Waals surface area contributed by atoms with Gasteiger partial charge in [-0.1, -0.05) is 31.4 Å². The maximum atomic E-state index is 13.1. The number of halogens is 2. The van der Waals surface area contributed by atoms with Gasteiger partial charge in [0.05, 0.1) is 5.02 Å². The van der Waals surface area contributed by atoms with Crippen molar-refractivity contribution in [1.29, 1.82) is 0 Å². The van der Waals surface area contributed by atoms with Gasteiger partial charge in [0.1, 0.15) is 18.2 Å². The number of hydrogen-bond acceptors (Lipinski definition) is 2. The molecule has 0 aromatic heterocycles. The fourth-order valence-electron chi connectivity index (χ4n) is 1.43. The Morgan fingerprint density at radius 3 is 2.82 bits per heavy atom. The fourth-order valence-corrected chi connectivity index (χ4v) is 1.55. The van der Waals surface area contributed by atoms with E-state index in [0.717, 1.165) is 13.1 Å². The number of rotatable bonds is 8. The van der Waals surface area contributed by atoms with Crippen molar-refractivity contribution in [2.45, 2.75) is 26.2 Å². The van der Waals surface area contributed by atoms with Crippen LogP contribution in [0.4, 0.5) is 4.39 Å². The topological polar surface area (TPSA) is 21.3 Å². The quantitative estimate of drug-likeness (QED) is 0.720. The second kappa shape index (κ2) is 8.31. The summed E-state index contributed by atoms with van der Waals surface area (Å²) in [5.41, 5.74) is 0. The van der Waals surface area contributed by atoms with Crippen molar-refractivity contribution in [1.82, 2.24) is 5.32 Å². The summed E-state index contributed by atoms with van der Waals surface area (Å²) in [7, 11) is 0. The molecule has 0 spiro atoms. The van der Waals surface area contributed by atoms with Crippen LogP contribution >= 0.6 is 11.6 Å². The molecule has 96 valence electrons. The lowest BCUT2D eigenvalue weighted by Gasteiger charge is -2.07. The Morgan fingerprint density at radius 2 is 2.12 bits per heavy atom. The van der Waals surface area contributed by atoms with Crippen LogP contribution in [0.2, 0.25) is 5.02 Å². The van der Waals surface area contributed by atoms with Crippen molar-refractivity contribution in [3.8, 4) is 5.75 Å². The van der Waals surface area contributed by atoms with E-state index in [9.17, 15) is 4.39 Å². The number of nitrogens with one attached hydrogen (secondary N) is 1. The van der Waals surface area contributed by atoms with E-state index in [1.165, 1.54) is 31.4 Å². The van der Waals surface area contributed by atoms with Gasteiger partial charge in [-0.05, 0) is 25.1 Å². The highest BCUT2D eigenvalue weighted by Crippen LogP contribution is 2.20. The van der Waals surface area contributed by atoms with Gasteiger partial charge in [0.15, 0.2) is 0 Å². The largest absolute Gasteiger partial charge is 0.492 e. The molecule has 2 nitrogen and oxygen atoms in total. The standard InChI is InChI=1S/C13H19ClFNO/c1-2-3-4-7-16-8-9-17-11-5-6-12(14)13(15)10-11/h5-6,10,16H,2-4,7-9H2,1H3. The van der Waals surface area contributed by atoms with E-state index in [-0.39, 0.29) is 5.02 Å². The third-order valence-electron chi connectivity index (χ3n) is 2.40. The molecule has 0 heterocycles. The Balaban J connectivity index is 2.11. The lowest BCUT2D eigenvalue weighted by atomic mass is 10.2. The monoisotopic (exact) mass is 259 g/mol. The van der Waals surface area contributed by atoms with Gasteiger partial charge in [-0.3, -0.25) is 0 Å². The third kappa shape index (κ3) is 5.89. The molecule has 0 amide bonds. The summed E-state index contributed by atoms with van der Waals surface area (Å²) in [5, 5.41) is 3.39. The average molecular weight is 260 g/mol. The first-order valence-corrected chi connectivity index (χ1v) is 6.40. The van der Waals surface area contributed by atoms with Crippen LogP contribution in [-0.2, 0) is 0 Å². The molecule has 0 aliphatic rings. The number of benzene rings is 1. The number of ether oxygens (including phenoxy) is 1. The van der Waals surface area contributed by atoms with Crippen LogP contribution in [0.3, 0.4) is 0 Å². The molecule has 0 aliphatic heterocycles. The van der Waals surface area contributed by atoms with Crippen molar-refractivity contribution >= 4 is 11.6 Å². The van der Waals surface area contributed by atoms with E-state index in [1.807, 2.05) is 0 Å². The van der Waals surface area contributed by atoms with Crippen LogP contribution in [0.5, 0.6) is 5.75 Å². The van der Waals surface area contributed by atoms with E-state index in [1.54, 1.807) is 6.07 Å². The van der Waals surface area contributed by atoms with E-state index in [0.29, 0.717) is 12.4 Å². The molecule has 0 saturated carbocycles. The minimum absolute atomic E-state index is 0.120. The van der Waals surface area contributed by atoms with Gasteiger partial charge in [-0.15, -0.1) is 0 Å². The molecular formula is C13H19ClFNO. The van der Waals surface area contributed by atoms with Crippen LogP contribution in [-0.4, -0.2) is 19.7 Å². The second-order valence-corrected chi connectivity index (χ2v) is 4.29. The van der Waals surface area contributed by atoms with Crippen molar-refractivity contribution < 1.29 is 9.13 Å². The Hall–Kier alpha value is -0.800. The van der Waals surface area contributed by atoms with Crippen LogP contribution in [0.1, 0.15) is 26.2 Å². The summed E-state index contributed by atoms with van der Waals surface area (Å²) < 4.78 is 18.5. The van der Waals surface area contributed by atoms with Gasteiger partial charge in [0.2, 0.25) is 0 Å². The summed E-state index contributed by atoms with van der Waals surface area (Å²) in [6.45, 7) is 4.49. The molecule has 0 saturated heterocycles. The second-order valence-electron chi connectivity index (χ2n) is 3.88. The Kier molecular flexibility index (Phi) is 6.97. The molecule has 0 aliphatic carbocycles. The smallest absolute Gasteiger partial charge is 0.145 e. The van der Waals surface area contributed by atoms with Gasteiger partial charge in [-0.2, -0.15) is 0 Å². The molecule has 0 atom stereocenters. The molecule has 0 unspecified atom stereocenters. The first-order valence-electron chi connectivity index (χ1n) is 6.02. The zero-order valence-electron chi connectivity index (χ0n) is 10.1. The summed E-state index contributed by atoms with van der Waals surface area (Å²) in [5.74, 6) is 0.0716. The molecule has 1 aromatic carbocycles. The molecule has 0 radical (unpaired) electrons. The average Bonchev–Trinajstić information content (AvgIpc) is 2.32. The highest BCUT2D eigenvalue weighted by Gasteiger charge is 2.01.